The quantitative estimate of drug-likeness (QED) is 0.466. The van der Waals surface area contributed by atoms with Crippen LogP contribution in [0.3, 0.4) is 0 Å². The molecule has 0 aromatic heterocycles. The fourth-order valence-electron chi connectivity index (χ4n) is 3.66. The maximum Gasteiger partial charge on any atom is 0.242 e. The van der Waals surface area contributed by atoms with Crippen LogP contribution in [0.4, 0.5) is 5.69 Å². The number of carbonyl (C=O) groups excluding carboxylic acids is 2. The third-order valence-corrected chi connectivity index (χ3v) is 6.89. The molecule has 2 rings (SSSR count). The summed E-state index contributed by atoms with van der Waals surface area (Å²) >= 11 is 0. The fraction of sp³-hybridized carbons (Fsp3) is 0.462. The molecule has 0 unspecified atom stereocenters. The van der Waals surface area contributed by atoms with E-state index in [0.29, 0.717) is 25.2 Å². The van der Waals surface area contributed by atoms with Crippen molar-refractivity contribution >= 4 is 27.5 Å². The summed E-state index contributed by atoms with van der Waals surface area (Å²) in [5, 5.41) is 2.86. The van der Waals surface area contributed by atoms with Crippen LogP contribution in [0.5, 0.6) is 0 Å². The zero-order valence-corrected chi connectivity index (χ0v) is 21.5. The van der Waals surface area contributed by atoms with E-state index in [4.69, 9.17) is 0 Å². The molecule has 8 heteroatoms. The molecule has 0 radical (unpaired) electrons. The lowest BCUT2D eigenvalue weighted by Gasteiger charge is -2.29. The first-order chi connectivity index (χ1) is 16.2. The Balaban J connectivity index is 2.11. The molecule has 186 valence electrons. The first kappa shape index (κ1) is 27.4. The molecule has 0 bridgehead atoms. The number of rotatable bonds is 13. The van der Waals surface area contributed by atoms with Crippen LogP contribution < -0.4 is 9.62 Å². The van der Waals surface area contributed by atoms with Gasteiger partial charge < -0.3 is 10.2 Å². The SMILES string of the molecule is CCCNC(=O)[C@@H](C)N(Cc1ccccc1)C(=O)CCCN(c1ccc(CC)cc1)S(C)(=O)=O. The number of amides is 2. The second kappa shape index (κ2) is 13.1. The predicted molar refractivity (Wildman–Crippen MR) is 137 cm³/mol. The Morgan fingerprint density at radius 3 is 2.18 bits per heavy atom. The molecule has 34 heavy (non-hydrogen) atoms. The Bertz CT molecular complexity index is 1020. The highest BCUT2D eigenvalue weighted by Crippen LogP contribution is 2.20. The van der Waals surface area contributed by atoms with Gasteiger partial charge in [0.15, 0.2) is 0 Å². The minimum absolute atomic E-state index is 0.136. The summed E-state index contributed by atoms with van der Waals surface area (Å²) in [5.74, 6) is -0.377. The molecule has 0 saturated carbocycles. The molecule has 7 nitrogen and oxygen atoms in total. The minimum atomic E-state index is -3.50. The van der Waals surface area contributed by atoms with Crippen molar-refractivity contribution in [2.24, 2.45) is 0 Å². The van der Waals surface area contributed by atoms with Gasteiger partial charge >= 0.3 is 0 Å². The number of sulfonamides is 1. The van der Waals surface area contributed by atoms with E-state index in [2.05, 4.69) is 5.32 Å². The molecule has 0 heterocycles. The Hall–Kier alpha value is -2.87. The summed E-state index contributed by atoms with van der Waals surface area (Å²) in [6, 6.07) is 16.3. The molecule has 2 amide bonds. The van der Waals surface area contributed by atoms with E-state index < -0.39 is 16.1 Å². The van der Waals surface area contributed by atoms with Crippen molar-refractivity contribution in [3.8, 4) is 0 Å². The standard InChI is InChI=1S/C26H37N3O4S/c1-5-18-27-26(31)21(3)28(20-23-11-8-7-9-12-23)25(30)13-10-19-29(34(4,32)33)24-16-14-22(6-2)15-17-24/h7-9,11-12,14-17,21H,5-6,10,13,18-20H2,1-4H3,(H,27,31)/t21-/m1/s1. The van der Waals surface area contributed by atoms with Gasteiger partial charge in [0.25, 0.3) is 0 Å². The van der Waals surface area contributed by atoms with Crippen LogP contribution in [0, 0.1) is 0 Å². The van der Waals surface area contributed by atoms with Gasteiger partial charge in [-0.1, -0.05) is 56.3 Å². The summed E-state index contributed by atoms with van der Waals surface area (Å²) in [7, 11) is -3.50. The Labute approximate surface area is 204 Å². The maximum atomic E-state index is 13.2. The van der Waals surface area contributed by atoms with Crippen molar-refractivity contribution in [3.05, 3.63) is 65.7 Å². The number of carbonyl (C=O) groups is 2. The summed E-state index contributed by atoms with van der Waals surface area (Å²) in [5.41, 5.74) is 2.64. The Kier molecular flexibility index (Phi) is 10.6. The monoisotopic (exact) mass is 487 g/mol. The van der Waals surface area contributed by atoms with Crippen LogP contribution in [0.25, 0.3) is 0 Å². The zero-order chi connectivity index (χ0) is 25.1. The molecule has 0 aliphatic heterocycles. The van der Waals surface area contributed by atoms with Gasteiger partial charge in [-0.05, 0) is 49.4 Å². The van der Waals surface area contributed by atoms with Crippen LogP contribution in [0.1, 0.15) is 51.2 Å². The van der Waals surface area contributed by atoms with Crippen LogP contribution >= 0.6 is 0 Å². The molecular formula is C26H37N3O4S. The number of hydrogen-bond donors (Lipinski definition) is 1. The molecule has 0 fully saturated rings. The van der Waals surface area contributed by atoms with Gasteiger partial charge in [0.05, 0.1) is 11.9 Å². The molecule has 0 aliphatic carbocycles. The van der Waals surface area contributed by atoms with Crippen molar-refractivity contribution in [1.29, 1.82) is 0 Å². The molecule has 2 aromatic rings. The topological polar surface area (TPSA) is 86.8 Å². The predicted octanol–water partition coefficient (Wildman–Crippen LogP) is 3.74. The highest BCUT2D eigenvalue weighted by Gasteiger charge is 2.26. The van der Waals surface area contributed by atoms with Crippen molar-refractivity contribution in [3.63, 3.8) is 0 Å². The van der Waals surface area contributed by atoms with Crippen LogP contribution in [-0.4, -0.2) is 50.5 Å². The van der Waals surface area contributed by atoms with E-state index >= 15 is 0 Å². The number of anilines is 1. The van der Waals surface area contributed by atoms with Crippen LogP contribution in [0.2, 0.25) is 0 Å². The number of nitrogens with zero attached hydrogens (tertiary/aromatic N) is 2. The van der Waals surface area contributed by atoms with Gasteiger partial charge in [-0.3, -0.25) is 13.9 Å². The molecule has 1 atom stereocenters. The molecule has 0 saturated heterocycles. The lowest BCUT2D eigenvalue weighted by Crippen LogP contribution is -2.47. The number of benzene rings is 2. The first-order valence-corrected chi connectivity index (χ1v) is 13.7. The van der Waals surface area contributed by atoms with Crippen molar-refractivity contribution < 1.29 is 18.0 Å². The molecule has 2 aromatic carbocycles. The smallest absolute Gasteiger partial charge is 0.242 e. The summed E-state index contributed by atoms with van der Waals surface area (Å²) in [6.45, 7) is 6.79. The fourth-order valence-corrected chi connectivity index (χ4v) is 4.63. The van der Waals surface area contributed by atoms with Gasteiger partial charge in [-0.25, -0.2) is 8.42 Å². The van der Waals surface area contributed by atoms with Crippen molar-refractivity contribution in [2.75, 3.05) is 23.7 Å². The average Bonchev–Trinajstić information content (AvgIpc) is 2.83. The van der Waals surface area contributed by atoms with E-state index in [1.165, 1.54) is 10.6 Å². The van der Waals surface area contributed by atoms with Gasteiger partial charge in [0, 0.05) is 26.1 Å². The second-order valence-electron chi connectivity index (χ2n) is 8.43. The molecule has 0 aliphatic rings. The van der Waals surface area contributed by atoms with E-state index in [-0.39, 0.29) is 24.8 Å². The van der Waals surface area contributed by atoms with Gasteiger partial charge in [-0.15, -0.1) is 0 Å². The first-order valence-electron chi connectivity index (χ1n) is 11.8. The Morgan fingerprint density at radius 1 is 0.971 bits per heavy atom. The van der Waals surface area contributed by atoms with E-state index in [0.717, 1.165) is 24.0 Å². The minimum Gasteiger partial charge on any atom is -0.354 e. The van der Waals surface area contributed by atoms with Crippen LogP contribution in [-0.2, 0) is 32.6 Å². The average molecular weight is 488 g/mol. The molecule has 0 spiro atoms. The lowest BCUT2D eigenvalue weighted by atomic mass is 10.1. The van der Waals surface area contributed by atoms with Gasteiger partial charge in [-0.2, -0.15) is 0 Å². The molecule has 1 N–H and O–H groups in total. The van der Waals surface area contributed by atoms with E-state index in [1.807, 2.05) is 56.3 Å². The lowest BCUT2D eigenvalue weighted by molar-refractivity contribution is -0.140. The van der Waals surface area contributed by atoms with E-state index in [1.54, 1.807) is 24.0 Å². The highest BCUT2D eigenvalue weighted by atomic mass is 32.2. The third-order valence-electron chi connectivity index (χ3n) is 5.70. The van der Waals surface area contributed by atoms with Crippen molar-refractivity contribution in [1.82, 2.24) is 10.2 Å². The summed E-state index contributed by atoms with van der Waals surface area (Å²) < 4.78 is 26.2. The highest BCUT2D eigenvalue weighted by molar-refractivity contribution is 7.92. The van der Waals surface area contributed by atoms with Gasteiger partial charge in [0.1, 0.15) is 6.04 Å². The number of aryl methyl sites for hydroxylation is 1. The van der Waals surface area contributed by atoms with Gasteiger partial charge in [0.2, 0.25) is 21.8 Å². The summed E-state index contributed by atoms with van der Waals surface area (Å²) in [6.07, 6.45) is 3.33. The van der Waals surface area contributed by atoms with Crippen molar-refractivity contribution in [2.45, 2.75) is 59.0 Å². The second-order valence-corrected chi connectivity index (χ2v) is 10.3. The van der Waals surface area contributed by atoms with Crippen LogP contribution in [0.15, 0.2) is 54.6 Å². The largest absolute Gasteiger partial charge is 0.354 e. The summed E-state index contributed by atoms with van der Waals surface area (Å²) in [4.78, 5) is 27.4. The number of nitrogens with one attached hydrogen (secondary N) is 1. The zero-order valence-electron chi connectivity index (χ0n) is 20.7. The third kappa shape index (κ3) is 8.17. The Morgan fingerprint density at radius 2 is 1.62 bits per heavy atom. The van der Waals surface area contributed by atoms with E-state index in [9.17, 15) is 18.0 Å². The maximum absolute atomic E-state index is 13.2. The number of hydrogen-bond acceptors (Lipinski definition) is 4. The molecular weight excluding hydrogens is 450 g/mol. The normalized spacial score (nSPS) is 12.1.